The maximum absolute atomic E-state index is 5.72. The van der Waals surface area contributed by atoms with Gasteiger partial charge in [0.25, 0.3) is 0 Å². The van der Waals surface area contributed by atoms with E-state index in [4.69, 9.17) is 5.73 Å². The molecule has 0 spiro atoms. The largest absolute Gasteiger partial charge is 0.324 e. The van der Waals surface area contributed by atoms with E-state index in [1.807, 2.05) is 13.0 Å². The summed E-state index contributed by atoms with van der Waals surface area (Å²) in [5, 5.41) is 2.06. The Labute approximate surface area is 85.4 Å². The Morgan fingerprint density at radius 1 is 1.75 bits per heavy atom. The minimum Gasteiger partial charge on any atom is -0.324 e. The molecule has 1 heterocycles. The number of thiophene rings is 1. The molecule has 1 aromatic rings. The first-order chi connectivity index (χ1) is 5.61. The lowest BCUT2D eigenvalue weighted by Gasteiger charge is -2.03. The van der Waals surface area contributed by atoms with E-state index in [2.05, 4.69) is 34.3 Å². The van der Waals surface area contributed by atoms with Crippen LogP contribution in [0.15, 0.2) is 21.5 Å². The third-order valence-corrected chi connectivity index (χ3v) is 3.54. The van der Waals surface area contributed by atoms with Gasteiger partial charge in [-0.15, -0.1) is 11.3 Å². The average molecular weight is 246 g/mol. The van der Waals surface area contributed by atoms with E-state index in [-0.39, 0.29) is 6.04 Å². The van der Waals surface area contributed by atoms with Crippen molar-refractivity contribution in [2.45, 2.75) is 19.9 Å². The topological polar surface area (TPSA) is 26.0 Å². The first-order valence-electron chi connectivity index (χ1n) is 3.78. The van der Waals surface area contributed by atoms with Crippen LogP contribution in [-0.2, 0) is 0 Å². The van der Waals surface area contributed by atoms with Crippen molar-refractivity contribution in [1.29, 1.82) is 0 Å². The highest BCUT2D eigenvalue weighted by Gasteiger charge is 2.00. The molecule has 0 aliphatic heterocycles. The molecule has 0 aliphatic rings. The molecule has 0 aromatic carbocycles. The Hall–Kier alpha value is -0.120. The van der Waals surface area contributed by atoms with Gasteiger partial charge < -0.3 is 5.73 Å². The quantitative estimate of drug-likeness (QED) is 0.851. The fourth-order valence-corrected chi connectivity index (χ4v) is 2.23. The highest BCUT2D eigenvalue weighted by Crippen LogP contribution is 2.25. The van der Waals surface area contributed by atoms with Gasteiger partial charge in [0, 0.05) is 15.4 Å². The van der Waals surface area contributed by atoms with Gasteiger partial charge in [0.2, 0.25) is 0 Å². The Morgan fingerprint density at radius 3 is 2.83 bits per heavy atom. The molecule has 0 fully saturated rings. The molecule has 1 nitrogen and oxygen atoms in total. The molecule has 0 bridgehead atoms. The second kappa shape index (κ2) is 4.21. The molecule has 0 amide bonds. The Balaban J connectivity index is 2.87. The van der Waals surface area contributed by atoms with Gasteiger partial charge in [-0.25, -0.2) is 0 Å². The molecule has 0 radical (unpaired) electrons. The number of hydrogen-bond acceptors (Lipinski definition) is 2. The fourth-order valence-electron chi connectivity index (χ4n) is 0.747. The zero-order valence-electron chi connectivity index (χ0n) is 7.17. The number of nitrogens with two attached hydrogens (primary N) is 1. The van der Waals surface area contributed by atoms with Crippen molar-refractivity contribution < 1.29 is 0 Å². The van der Waals surface area contributed by atoms with Crippen LogP contribution in [0.5, 0.6) is 0 Å². The highest BCUT2D eigenvalue weighted by molar-refractivity contribution is 9.10. The lowest BCUT2D eigenvalue weighted by molar-refractivity contribution is 0.868. The maximum Gasteiger partial charge on any atom is 0.0412 e. The fraction of sp³-hybridized carbons (Fsp3) is 0.333. The van der Waals surface area contributed by atoms with Gasteiger partial charge in [-0.05, 0) is 47.3 Å². The predicted octanol–water partition coefficient (Wildman–Crippen LogP) is 3.26. The molecule has 1 atom stereocenters. The second-order valence-electron chi connectivity index (χ2n) is 2.81. The summed E-state index contributed by atoms with van der Waals surface area (Å²) in [5.74, 6) is 0. The van der Waals surface area contributed by atoms with Gasteiger partial charge in [-0.3, -0.25) is 0 Å². The van der Waals surface area contributed by atoms with Crippen LogP contribution in [0.2, 0.25) is 0 Å². The monoisotopic (exact) mass is 245 g/mol. The highest BCUT2D eigenvalue weighted by atomic mass is 79.9. The summed E-state index contributed by atoms with van der Waals surface area (Å²) in [4.78, 5) is 1.24. The van der Waals surface area contributed by atoms with E-state index in [0.717, 1.165) is 4.47 Å². The van der Waals surface area contributed by atoms with E-state index >= 15 is 0 Å². The van der Waals surface area contributed by atoms with Crippen molar-refractivity contribution in [2.24, 2.45) is 5.73 Å². The van der Waals surface area contributed by atoms with E-state index < -0.39 is 0 Å². The van der Waals surface area contributed by atoms with E-state index in [0.29, 0.717) is 0 Å². The first kappa shape index (κ1) is 9.96. The summed E-state index contributed by atoms with van der Waals surface area (Å²) < 4.78 is 1.15. The van der Waals surface area contributed by atoms with Crippen molar-refractivity contribution in [3.05, 3.63) is 26.4 Å². The van der Waals surface area contributed by atoms with Crippen LogP contribution >= 0.6 is 27.3 Å². The number of rotatable bonds is 2. The van der Waals surface area contributed by atoms with E-state index in [1.54, 1.807) is 11.3 Å². The maximum atomic E-state index is 5.72. The van der Waals surface area contributed by atoms with Gasteiger partial charge in [-0.2, -0.15) is 0 Å². The zero-order valence-corrected chi connectivity index (χ0v) is 9.58. The Kier molecular flexibility index (Phi) is 3.50. The molecule has 0 saturated heterocycles. The molecular weight excluding hydrogens is 234 g/mol. The summed E-state index contributed by atoms with van der Waals surface area (Å²) in [7, 11) is 0. The molecular formula is C9H12BrNS. The van der Waals surface area contributed by atoms with Crippen molar-refractivity contribution in [2.75, 3.05) is 0 Å². The van der Waals surface area contributed by atoms with Gasteiger partial charge in [0.15, 0.2) is 0 Å². The second-order valence-corrected chi connectivity index (χ2v) is 4.61. The minimum absolute atomic E-state index is 0.138. The third kappa shape index (κ3) is 2.44. The summed E-state index contributed by atoms with van der Waals surface area (Å²) in [6.07, 6.45) is 2.12. The van der Waals surface area contributed by atoms with Gasteiger partial charge >= 0.3 is 0 Å². The molecule has 1 rings (SSSR count). The summed E-state index contributed by atoms with van der Waals surface area (Å²) >= 11 is 5.19. The van der Waals surface area contributed by atoms with Crippen LogP contribution in [0.3, 0.4) is 0 Å². The van der Waals surface area contributed by atoms with E-state index in [9.17, 15) is 0 Å². The van der Waals surface area contributed by atoms with E-state index in [1.165, 1.54) is 10.5 Å². The van der Waals surface area contributed by atoms with Gasteiger partial charge in [0.1, 0.15) is 0 Å². The van der Waals surface area contributed by atoms with Gasteiger partial charge in [0.05, 0.1) is 0 Å². The lowest BCUT2D eigenvalue weighted by atomic mass is 10.1. The molecule has 1 unspecified atom stereocenters. The molecule has 0 saturated carbocycles. The molecule has 0 aliphatic carbocycles. The minimum atomic E-state index is 0.138. The SMILES string of the molecule is C/C(=C\c1sccc1Br)C(C)N. The molecule has 2 N–H and O–H groups in total. The zero-order chi connectivity index (χ0) is 9.14. The molecule has 1 aromatic heterocycles. The lowest BCUT2D eigenvalue weighted by Crippen LogP contribution is -2.15. The first-order valence-corrected chi connectivity index (χ1v) is 5.45. The molecule has 66 valence electrons. The normalized spacial score (nSPS) is 14.8. The summed E-state index contributed by atoms with van der Waals surface area (Å²) in [5.41, 5.74) is 6.93. The van der Waals surface area contributed by atoms with Crippen LogP contribution in [0.25, 0.3) is 6.08 Å². The van der Waals surface area contributed by atoms with Gasteiger partial charge in [-0.1, -0.05) is 5.57 Å². The van der Waals surface area contributed by atoms with Crippen LogP contribution in [-0.4, -0.2) is 6.04 Å². The van der Waals surface area contributed by atoms with Crippen molar-refractivity contribution in [3.63, 3.8) is 0 Å². The van der Waals surface area contributed by atoms with Crippen molar-refractivity contribution >= 4 is 33.3 Å². The average Bonchev–Trinajstić information content (AvgIpc) is 2.36. The predicted molar refractivity (Wildman–Crippen MR) is 59.3 cm³/mol. The Morgan fingerprint density at radius 2 is 2.42 bits per heavy atom. The molecule has 12 heavy (non-hydrogen) atoms. The standard InChI is InChI=1S/C9H12BrNS/c1-6(7(2)11)5-9-8(10)3-4-12-9/h3-5,7H,11H2,1-2H3/b6-5+. The van der Waals surface area contributed by atoms with Crippen LogP contribution in [0.4, 0.5) is 0 Å². The third-order valence-electron chi connectivity index (χ3n) is 1.72. The van der Waals surface area contributed by atoms with Crippen LogP contribution < -0.4 is 5.73 Å². The number of hydrogen-bond donors (Lipinski definition) is 1. The summed E-state index contributed by atoms with van der Waals surface area (Å²) in [6.45, 7) is 4.05. The van der Waals surface area contributed by atoms with Crippen molar-refractivity contribution in [1.82, 2.24) is 0 Å². The molecule has 3 heteroatoms. The van der Waals surface area contributed by atoms with Crippen LogP contribution in [0, 0.1) is 0 Å². The Bertz CT molecular complexity index is 288. The van der Waals surface area contributed by atoms with Crippen LogP contribution in [0.1, 0.15) is 18.7 Å². The smallest absolute Gasteiger partial charge is 0.0412 e. The summed E-state index contributed by atoms with van der Waals surface area (Å²) in [6, 6.07) is 2.18. The number of halogens is 1. The van der Waals surface area contributed by atoms with Crippen molar-refractivity contribution in [3.8, 4) is 0 Å².